The first-order valence-corrected chi connectivity index (χ1v) is 9.36. The Balaban J connectivity index is 1.64. The molecule has 0 bridgehead atoms. The Hall–Kier alpha value is -1.46. The molecule has 5 heteroatoms. The Morgan fingerprint density at radius 2 is 1.92 bits per heavy atom. The van der Waals surface area contributed by atoms with Crippen molar-refractivity contribution in [1.82, 2.24) is 9.80 Å². The minimum Gasteiger partial charge on any atom is -0.396 e. The van der Waals surface area contributed by atoms with Crippen LogP contribution in [0.25, 0.3) is 0 Å². The second-order valence-electron chi connectivity index (χ2n) is 7.77. The van der Waals surface area contributed by atoms with Crippen LogP contribution in [0, 0.1) is 11.2 Å². The Morgan fingerprint density at radius 3 is 2.52 bits per heavy atom. The van der Waals surface area contributed by atoms with Crippen molar-refractivity contribution in [1.29, 1.82) is 0 Å². The van der Waals surface area contributed by atoms with E-state index < -0.39 is 0 Å². The molecule has 2 fully saturated rings. The van der Waals surface area contributed by atoms with Gasteiger partial charge < -0.3 is 10.0 Å². The average Bonchev–Trinajstić information content (AvgIpc) is 2.64. The maximum absolute atomic E-state index is 13.2. The lowest BCUT2D eigenvalue weighted by Gasteiger charge is -2.47. The third-order valence-corrected chi connectivity index (χ3v) is 5.94. The highest BCUT2D eigenvalue weighted by Gasteiger charge is 2.38. The van der Waals surface area contributed by atoms with Gasteiger partial charge in [0, 0.05) is 38.0 Å². The molecule has 0 aromatic heterocycles. The third kappa shape index (κ3) is 4.39. The Labute approximate surface area is 149 Å². The number of likely N-dealkylation sites (tertiary alicyclic amines) is 2. The number of piperidine rings is 2. The number of aliphatic hydroxyl groups is 1. The van der Waals surface area contributed by atoms with E-state index in [0.717, 1.165) is 63.8 Å². The van der Waals surface area contributed by atoms with Crippen LogP contribution in [0.3, 0.4) is 0 Å². The number of halogens is 1. The molecule has 25 heavy (non-hydrogen) atoms. The van der Waals surface area contributed by atoms with Gasteiger partial charge in [-0.3, -0.25) is 9.69 Å². The highest BCUT2D eigenvalue weighted by molar-refractivity contribution is 5.73. The number of benzene rings is 1. The summed E-state index contributed by atoms with van der Waals surface area (Å²) in [6.45, 7) is 5.41. The van der Waals surface area contributed by atoms with Crippen molar-refractivity contribution < 1.29 is 14.3 Å². The number of carbonyl (C=O) groups is 1. The van der Waals surface area contributed by atoms with Gasteiger partial charge in [-0.1, -0.05) is 12.1 Å². The fourth-order valence-corrected chi connectivity index (χ4v) is 4.47. The predicted octanol–water partition coefficient (Wildman–Crippen LogP) is 2.45. The van der Waals surface area contributed by atoms with E-state index in [1.165, 1.54) is 12.1 Å². The molecule has 2 heterocycles. The van der Waals surface area contributed by atoms with E-state index in [4.69, 9.17) is 0 Å². The van der Waals surface area contributed by atoms with Crippen molar-refractivity contribution >= 4 is 5.91 Å². The molecular formula is C20H29FN2O2. The van der Waals surface area contributed by atoms with Crippen LogP contribution < -0.4 is 0 Å². The maximum Gasteiger partial charge on any atom is 0.219 e. The van der Waals surface area contributed by atoms with Crippen LogP contribution in [0.15, 0.2) is 24.3 Å². The van der Waals surface area contributed by atoms with Gasteiger partial charge in [-0.15, -0.1) is 0 Å². The molecule has 1 unspecified atom stereocenters. The minimum atomic E-state index is -0.218. The quantitative estimate of drug-likeness (QED) is 0.909. The fraction of sp³-hybridized carbons (Fsp3) is 0.650. The molecule has 1 aromatic carbocycles. The summed E-state index contributed by atoms with van der Waals surface area (Å²) in [6.07, 6.45) is 4.89. The molecule has 3 rings (SSSR count). The summed E-state index contributed by atoms with van der Waals surface area (Å²) in [5.74, 6) is -0.0533. The molecule has 0 spiro atoms. The van der Waals surface area contributed by atoms with Gasteiger partial charge >= 0.3 is 0 Å². The topological polar surface area (TPSA) is 43.8 Å². The van der Waals surface area contributed by atoms with E-state index >= 15 is 0 Å². The Morgan fingerprint density at radius 1 is 1.24 bits per heavy atom. The molecule has 0 radical (unpaired) electrons. The van der Waals surface area contributed by atoms with E-state index in [1.54, 1.807) is 6.92 Å². The van der Waals surface area contributed by atoms with Gasteiger partial charge in [0.1, 0.15) is 5.82 Å². The van der Waals surface area contributed by atoms with E-state index in [-0.39, 0.29) is 23.7 Å². The van der Waals surface area contributed by atoms with E-state index in [0.29, 0.717) is 6.04 Å². The second-order valence-corrected chi connectivity index (χ2v) is 7.77. The van der Waals surface area contributed by atoms with Crippen molar-refractivity contribution in [2.24, 2.45) is 5.41 Å². The number of hydrogen-bond acceptors (Lipinski definition) is 3. The molecule has 1 N–H and O–H groups in total. The van der Waals surface area contributed by atoms with Crippen LogP contribution in [0.1, 0.15) is 38.2 Å². The maximum atomic E-state index is 13.2. The highest BCUT2D eigenvalue weighted by atomic mass is 19.1. The van der Waals surface area contributed by atoms with Crippen molar-refractivity contribution in [2.45, 2.75) is 45.1 Å². The smallest absolute Gasteiger partial charge is 0.219 e. The van der Waals surface area contributed by atoms with Crippen LogP contribution >= 0.6 is 0 Å². The highest BCUT2D eigenvalue weighted by Crippen LogP contribution is 2.35. The molecule has 1 atom stereocenters. The number of aliphatic hydroxyl groups excluding tert-OH is 1. The van der Waals surface area contributed by atoms with E-state index in [2.05, 4.69) is 4.90 Å². The molecule has 138 valence electrons. The second kappa shape index (κ2) is 7.83. The number of nitrogens with zero attached hydrogens (tertiary/aromatic N) is 2. The van der Waals surface area contributed by atoms with Crippen molar-refractivity contribution in [3.63, 3.8) is 0 Å². The van der Waals surface area contributed by atoms with Crippen molar-refractivity contribution in [2.75, 3.05) is 32.8 Å². The lowest BCUT2D eigenvalue weighted by molar-refractivity contribution is -0.130. The molecule has 1 aromatic rings. The Kier molecular flexibility index (Phi) is 5.74. The van der Waals surface area contributed by atoms with Gasteiger partial charge in [-0.05, 0) is 56.3 Å². The zero-order valence-electron chi connectivity index (χ0n) is 15.1. The molecular weight excluding hydrogens is 319 g/mol. The van der Waals surface area contributed by atoms with Gasteiger partial charge in [0.05, 0.1) is 6.61 Å². The van der Waals surface area contributed by atoms with Crippen LogP contribution in [0.5, 0.6) is 0 Å². The van der Waals surface area contributed by atoms with Crippen molar-refractivity contribution in [3.05, 3.63) is 35.6 Å². The SMILES string of the molecule is CC(=O)N1CCC(N2CCCC(CO)(Cc3ccc(F)cc3)C2)CC1. The zero-order chi connectivity index (χ0) is 17.9. The van der Waals surface area contributed by atoms with E-state index in [1.807, 2.05) is 17.0 Å². The van der Waals surface area contributed by atoms with Crippen LogP contribution in [0.4, 0.5) is 4.39 Å². The largest absolute Gasteiger partial charge is 0.396 e. The molecule has 4 nitrogen and oxygen atoms in total. The summed E-state index contributed by atoms with van der Waals surface area (Å²) in [5, 5.41) is 10.1. The number of carbonyl (C=O) groups excluding carboxylic acids is 1. The predicted molar refractivity (Wildman–Crippen MR) is 95.7 cm³/mol. The third-order valence-electron chi connectivity index (χ3n) is 5.94. The molecule has 0 saturated carbocycles. The first-order valence-electron chi connectivity index (χ1n) is 9.36. The van der Waals surface area contributed by atoms with Gasteiger partial charge in [0.2, 0.25) is 5.91 Å². The number of hydrogen-bond donors (Lipinski definition) is 1. The summed E-state index contributed by atoms with van der Waals surface area (Å²) in [6, 6.07) is 7.15. The number of rotatable bonds is 4. The molecule has 2 aliphatic rings. The lowest BCUT2D eigenvalue weighted by atomic mass is 9.75. The summed E-state index contributed by atoms with van der Waals surface area (Å²) in [5.41, 5.74) is 0.942. The van der Waals surface area contributed by atoms with Crippen LogP contribution in [-0.2, 0) is 11.2 Å². The minimum absolute atomic E-state index is 0.145. The summed E-state index contributed by atoms with van der Waals surface area (Å²) in [7, 11) is 0. The molecule has 1 amide bonds. The number of amides is 1. The summed E-state index contributed by atoms with van der Waals surface area (Å²) in [4.78, 5) is 16.0. The summed E-state index contributed by atoms with van der Waals surface area (Å²) >= 11 is 0. The first kappa shape index (κ1) is 18.3. The van der Waals surface area contributed by atoms with Gasteiger partial charge in [-0.25, -0.2) is 4.39 Å². The van der Waals surface area contributed by atoms with E-state index in [9.17, 15) is 14.3 Å². The first-order chi connectivity index (χ1) is 12.0. The van der Waals surface area contributed by atoms with Gasteiger partial charge in [0.15, 0.2) is 0 Å². The average molecular weight is 348 g/mol. The standard InChI is InChI=1S/C20H29FN2O2/c1-16(25)22-11-7-19(8-12-22)23-10-2-9-20(14-23,15-24)13-17-3-5-18(21)6-4-17/h3-6,19,24H,2,7-15H2,1H3. The monoisotopic (exact) mass is 348 g/mol. The molecule has 0 aliphatic carbocycles. The lowest BCUT2D eigenvalue weighted by Crippen LogP contribution is -2.53. The van der Waals surface area contributed by atoms with Gasteiger partial charge in [-0.2, -0.15) is 0 Å². The normalized spacial score (nSPS) is 26.0. The van der Waals surface area contributed by atoms with Gasteiger partial charge in [0.25, 0.3) is 0 Å². The molecule has 2 aliphatic heterocycles. The van der Waals surface area contributed by atoms with Crippen molar-refractivity contribution in [3.8, 4) is 0 Å². The van der Waals surface area contributed by atoms with Crippen LogP contribution in [-0.4, -0.2) is 59.6 Å². The fourth-order valence-electron chi connectivity index (χ4n) is 4.47. The molecule has 2 saturated heterocycles. The Bertz CT molecular complexity index is 584. The zero-order valence-corrected chi connectivity index (χ0v) is 15.1. The summed E-state index contributed by atoms with van der Waals surface area (Å²) < 4.78 is 13.2. The van der Waals surface area contributed by atoms with Crippen LogP contribution in [0.2, 0.25) is 0 Å².